The number of para-hydroxylation sites is 1. The van der Waals surface area contributed by atoms with Gasteiger partial charge in [-0.25, -0.2) is 0 Å². The van der Waals surface area contributed by atoms with Crippen LogP contribution in [0.3, 0.4) is 0 Å². The van der Waals surface area contributed by atoms with Gasteiger partial charge >= 0.3 is 0 Å². The van der Waals surface area contributed by atoms with E-state index in [1.54, 1.807) is 37.4 Å². The molecule has 0 aliphatic heterocycles. The van der Waals surface area contributed by atoms with E-state index < -0.39 is 0 Å². The fourth-order valence-corrected chi connectivity index (χ4v) is 3.21. The number of hydrogen-bond donors (Lipinski definition) is 1. The third-order valence-corrected chi connectivity index (χ3v) is 4.92. The number of thioether (sulfide) groups is 1. The number of ether oxygens (including phenoxy) is 2. The molecule has 4 nitrogen and oxygen atoms in total. The zero-order valence-electron chi connectivity index (χ0n) is 13.9. The highest BCUT2D eigenvalue weighted by molar-refractivity contribution is 8.00. The number of halogens is 2. The molecule has 0 saturated heterocycles. The first kappa shape index (κ1) is 19.9. The normalized spacial score (nSPS) is 11.8. The third kappa shape index (κ3) is 6.12. The first-order valence-corrected chi connectivity index (χ1v) is 9.28. The summed E-state index contributed by atoms with van der Waals surface area (Å²) < 4.78 is 10.6. The van der Waals surface area contributed by atoms with Gasteiger partial charge in [0.25, 0.3) is 0 Å². The van der Waals surface area contributed by atoms with Crippen LogP contribution in [0, 0.1) is 0 Å². The first-order chi connectivity index (χ1) is 12.0. The lowest BCUT2D eigenvalue weighted by molar-refractivity contribution is -0.115. The quantitative estimate of drug-likeness (QED) is 0.493. The van der Waals surface area contributed by atoms with E-state index in [0.29, 0.717) is 34.7 Å². The Morgan fingerprint density at radius 2 is 1.88 bits per heavy atom. The lowest BCUT2D eigenvalue weighted by Crippen LogP contribution is -2.23. The zero-order valence-corrected chi connectivity index (χ0v) is 16.3. The van der Waals surface area contributed by atoms with Crippen LogP contribution in [0.5, 0.6) is 5.75 Å². The van der Waals surface area contributed by atoms with Gasteiger partial charge in [-0.2, -0.15) is 0 Å². The largest absolute Gasteiger partial charge is 0.487 e. The fraction of sp³-hybridized carbons (Fsp3) is 0.278. The molecule has 0 aromatic heterocycles. The van der Waals surface area contributed by atoms with Crippen LogP contribution in [-0.2, 0) is 9.53 Å². The summed E-state index contributed by atoms with van der Waals surface area (Å²) in [6, 6.07) is 12.6. The summed E-state index contributed by atoms with van der Waals surface area (Å²) in [5.41, 5.74) is 0.539. The van der Waals surface area contributed by atoms with Crippen molar-refractivity contribution in [3.05, 3.63) is 52.5 Å². The van der Waals surface area contributed by atoms with Gasteiger partial charge in [0.2, 0.25) is 5.91 Å². The molecule has 0 bridgehead atoms. The highest BCUT2D eigenvalue weighted by Gasteiger charge is 2.17. The molecule has 134 valence electrons. The number of anilines is 1. The molecule has 0 aliphatic carbocycles. The Morgan fingerprint density at radius 3 is 2.56 bits per heavy atom. The minimum Gasteiger partial charge on any atom is -0.487 e. The van der Waals surface area contributed by atoms with Crippen molar-refractivity contribution in [2.24, 2.45) is 0 Å². The molecule has 1 atom stereocenters. The maximum absolute atomic E-state index is 12.5. The molecule has 0 radical (unpaired) electrons. The van der Waals surface area contributed by atoms with Crippen LogP contribution < -0.4 is 10.1 Å². The van der Waals surface area contributed by atoms with Gasteiger partial charge in [-0.05, 0) is 43.3 Å². The number of amides is 1. The third-order valence-electron chi connectivity index (χ3n) is 3.25. The standard InChI is InChI=1S/C18H19Cl2NO3S/c1-12(25-14-8-6-13(19)7-9-14)18(22)21-16-5-3-4-15(20)17(16)24-11-10-23-2/h3-9,12H,10-11H2,1-2H3,(H,21,22). The van der Waals surface area contributed by atoms with E-state index in [-0.39, 0.29) is 11.2 Å². The van der Waals surface area contributed by atoms with E-state index in [0.717, 1.165) is 4.90 Å². The van der Waals surface area contributed by atoms with Crippen molar-refractivity contribution in [3.8, 4) is 5.75 Å². The molecule has 0 heterocycles. The number of nitrogens with one attached hydrogen (secondary N) is 1. The average molecular weight is 400 g/mol. The van der Waals surface area contributed by atoms with Gasteiger partial charge in [0.1, 0.15) is 6.61 Å². The van der Waals surface area contributed by atoms with Crippen molar-refractivity contribution in [1.82, 2.24) is 0 Å². The number of hydrogen-bond acceptors (Lipinski definition) is 4. The molecular weight excluding hydrogens is 381 g/mol. The van der Waals surface area contributed by atoms with Gasteiger partial charge in [-0.1, -0.05) is 29.3 Å². The molecule has 0 aliphatic rings. The molecule has 2 aromatic rings. The van der Waals surface area contributed by atoms with Gasteiger partial charge in [0, 0.05) is 17.0 Å². The second kappa shape index (κ2) is 9.92. The molecule has 2 rings (SSSR count). The van der Waals surface area contributed by atoms with Crippen molar-refractivity contribution in [2.45, 2.75) is 17.1 Å². The van der Waals surface area contributed by atoms with Crippen LogP contribution in [0.1, 0.15) is 6.92 Å². The summed E-state index contributed by atoms with van der Waals surface area (Å²) >= 11 is 13.5. The number of carbonyl (C=O) groups is 1. The Morgan fingerprint density at radius 1 is 1.16 bits per heavy atom. The lowest BCUT2D eigenvalue weighted by atomic mass is 10.2. The Kier molecular flexibility index (Phi) is 7.90. The Labute approximate surface area is 161 Å². The minimum absolute atomic E-state index is 0.140. The summed E-state index contributed by atoms with van der Waals surface area (Å²) in [6.45, 7) is 2.62. The predicted octanol–water partition coefficient (Wildman–Crippen LogP) is 5.14. The van der Waals surface area contributed by atoms with Crippen LogP contribution in [0.2, 0.25) is 10.0 Å². The van der Waals surface area contributed by atoms with Crippen molar-refractivity contribution in [2.75, 3.05) is 25.6 Å². The van der Waals surface area contributed by atoms with Gasteiger partial charge < -0.3 is 14.8 Å². The average Bonchev–Trinajstić information content (AvgIpc) is 2.59. The molecule has 25 heavy (non-hydrogen) atoms. The lowest BCUT2D eigenvalue weighted by Gasteiger charge is -2.16. The summed E-state index contributed by atoms with van der Waals surface area (Å²) in [7, 11) is 1.59. The van der Waals surface area contributed by atoms with Crippen molar-refractivity contribution >= 4 is 46.6 Å². The summed E-state index contributed by atoms with van der Waals surface area (Å²) in [5, 5.41) is 3.68. The first-order valence-electron chi connectivity index (χ1n) is 7.64. The Balaban J connectivity index is 2.03. The maximum atomic E-state index is 12.5. The second-order valence-electron chi connectivity index (χ2n) is 5.16. The number of rotatable bonds is 8. The van der Waals surface area contributed by atoms with Crippen molar-refractivity contribution in [3.63, 3.8) is 0 Å². The van der Waals surface area contributed by atoms with E-state index in [9.17, 15) is 4.79 Å². The SMILES string of the molecule is COCCOc1c(Cl)cccc1NC(=O)C(C)Sc1ccc(Cl)cc1. The predicted molar refractivity (Wildman–Crippen MR) is 104 cm³/mol. The summed E-state index contributed by atoms with van der Waals surface area (Å²) in [6.07, 6.45) is 0. The summed E-state index contributed by atoms with van der Waals surface area (Å²) in [4.78, 5) is 13.5. The molecule has 7 heteroatoms. The molecule has 1 N–H and O–H groups in total. The van der Waals surface area contributed by atoms with Gasteiger partial charge in [-0.3, -0.25) is 4.79 Å². The monoisotopic (exact) mass is 399 g/mol. The second-order valence-corrected chi connectivity index (χ2v) is 7.42. The van der Waals surface area contributed by atoms with Crippen LogP contribution in [0.4, 0.5) is 5.69 Å². The number of benzene rings is 2. The van der Waals surface area contributed by atoms with Crippen LogP contribution in [0.25, 0.3) is 0 Å². The highest BCUT2D eigenvalue weighted by atomic mass is 35.5. The van der Waals surface area contributed by atoms with Crippen LogP contribution in [-0.4, -0.2) is 31.5 Å². The zero-order chi connectivity index (χ0) is 18.2. The van der Waals surface area contributed by atoms with E-state index in [4.69, 9.17) is 32.7 Å². The van der Waals surface area contributed by atoms with Gasteiger partial charge in [0.05, 0.1) is 22.6 Å². The molecule has 0 spiro atoms. The van der Waals surface area contributed by atoms with Gasteiger partial charge in [-0.15, -0.1) is 11.8 Å². The molecule has 0 saturated carbocycles. The smallest absolute Gasteiger partial charge is 0.237 e. The minimum atomic E-state index is -0.299. The van der Waals surface area contributed by atoms with Gasteiger partial charge in [0.15, 0.2) is 5.75 Å². The Hall–Kier alpha value is -1.40. The van der Waals surface area contributed by atoms with Crippen LogP contribution >= 0.6 is 35.0 Å². The number of carbonyl (C=O) groups excluding carboxylic acids is 1. The van der Waals surface area contributed by atoms with Crippen molar-refractivity contribution < 1.29 is 14.3 Å². The highest BCUT2D eigenvalue weighted by Crippen LogP contribution is 2.34. The fourth-order valence-electron chi connectivity index (χ4n) is 1.99. The van der Waals surface area contributed by atoms with Crippen LogP contribution in [0.15, 0.2) is 47.4 Å². The summed E-state index contributed by atoms with van der Waals surface area (Å²) in [5.74, 6) is 0.303. The van der Waals surface area contributed by atoms with E-state index in [1.807, 2.05) is 19.1 Å². The molecule has 0 fully saturated rings. The molecule has 1 unspecified atom stereocenters. The van der Waals surface area contributed by atoms with E-state index >= 15 is 0 Å². The van der Waals surface area contributed by atoms with Crippen molar-refractivity contribution in [1.29, 1.82) is 0 Å². The number of methoxy groups -OCH3 is 1. The van der Waals surface area contributed by atoms with E-state index in [2.05, 4.69) is 5.32 Å². The van der Waals surface area contributed by atoms with E-state index in [1.165, 1.54) is 11.8 Å². The molecular formula is C18H19Cl2NO3S. The molecule has 1 amide bonds. The molecule has 2 aromatic carbocycles. The Bertz CT molecular complexity index is 710. The topological polar surface area (TPSA) is 47.6 Å². The maximum Gasteiger partial charge on any atom is 0.237 e.